The van der Waals surface area contributed by atoms with E-state index in [1.54, 1.807) is 0 Å². The number of hydrogen-bond donors (Lipinski definition) is 0. The third-order valence-corrected chi connectivity index (χ3v) is 15.9. The van der Waals surface area contributed by atoms with Crippen LogP contribution in [0.5, 0.6) is 0 Å². The lowest BCUT2D eigenvalue weighted by molar-refractivity contribution is 0.590. The normalized spacial score (nSPS) is 12.0. The van der Waals surface area contributed by atoms with Crippen molar-refractivity contribution in [3.63, 3.8) is 0 Å². The highest BCUT2D eigenvalue weighted by molar-refractivity contribution is 6.23. The molecule has 79 heavy (non-hydrogen) atoms. The van der Waals surface area contributed by atoms with Crippen LogP contribution in [-0.2, 0) is 23.7 Å². The van der Waals surface area contributed by atoms with Crippen LogP contribution in [0.25, 0.3) is 54.6 Å². The Kier molecular flexibility index (Phi) is 13.1. The van der Waals surface area contributed by atoms with Gasteiger partial charge >= 0.3 is 0 Å². The van der Waals surface area contributed by atoms with Gasteiger partial charge in [0, 0.05) is 39.4 Å². The summed E-state index contributed by atoms with van der Waals surface area (Å²) in [6.45, 7) is 22.5. The Bertz CT molecular complexity index is 4190. The van der Waals surface area contributed by atoms with Gasteiger partial charge in [0.25, 0.3) is 0 Å². The minimum Gasteiger partial charge on any atom is -0.455 e. The highest BCUT2D eigenvalue weighted by Gasteiger charge is 2.30. The molecule has 390 valence electrons. The summed E-state index contributed by atoms with van der Waals surface area (Å²) in [6.07, 6.45) is 1.41. The predicted octanol–water partition coefficient (Wildman–Crippen LogP) is 21.5. The summed E-state index contributed by atoms with van der Waals surface area (Å²) in [5.74, 6) is 0. The van der Waals surface area contributed by atoms with E-state index >= 15 is 0 Å². The standard InChI is InChI=1S/C76H70N2O/c1-49-39-50(2)42-61(41-49)77(58-33-29-56(30-34-58)75(5,6)7)60-37-38-64-67(48-60)63-25-17-18-26-65(63)72(68(64)46-54-23-15-12-16-24-54)71-55(45-53-21-13-11-14-22-53)47-69(73-66-27-19-20-28-70(66)79-74(71)73)78(62-43-51(3)40-52(4)44-62)59-35-31-57(32-36-59)76(8,9)10/h11-44,47-48H,45-46H2,1-10H3. The van der Waals surface area contributed by atoms with Crippen molar-refractivity contribution in [2.75, 3.05) is 9.80 Å². The van der Waals surface area contributed by atoms with E-state index in [9.17, 15) is 0 Å². The number of rotatable bonds is 11. The SMILES string of the molecule is Cc1cc(C)cc(N(c2ccc(C(C)(C)C)cc2)c2ccc3c(Cc4ccccc4)c(-c4c(Cc5ccccc5)cc(N(c5ccc(C(C)(C)C)cc5)c5cc(C)cc(C)c5)c5c4oc4ccccc45)c4ccccc4c3c2)c1. The first-order valence-electron chi connectivity index (χ1n) is 28.1. The van der Waals surface area contributed by atoms with Gasteiger partial charge in [0.15, 0.2) is 0 Å². The minimum absolute atomic E-state index is 0.00135. The molecule has 0 fully saturated rings. The van der Waals surface area contributed by atoms with Gasteiger partial charge in [-0.15, -0.1) is 0 Å². The largest absolute Gasteiger partial charge is 0.455 e. The Morgan fingerprint density at radius 1 is 0.354 bits per heavy atom. The summed E-state index contributed by atoms with van der Waals surface area (Å²) in [5, 5.41) is 7.00. The van der Waals surface area contributed by atoms with Crippen molar-refractivity contribution in [3.05, 3.63) is 274 Å². The number of anilines is 6. The van der Waals surface area contributed by atoms with E-state index in [0.29, 0.717) is 6.42 Å². The van der Waals surface area contributed by atoms with Crippen LogP contribution in [0.4, 0.5) is 34.1 Å². The molecule has 0 unspecified atom stereocenters. The molecule has 12 aromatic rings. The van der Waals surface area contributed by atoms with Gasteiger partial charge in [0.1, 0.15) is 11.2 Å². The highest BCUT2D eigenvalue weighted by Crippen LogP contribution is 2.52. The summed E-state index contributed by atoms with van der Waals surface area (Å²) in [5.41, 5.74) is 23.3. The number of benzene rings is 11. The van der Waals surface area contributed by atoms with Crippen LogP contribution in [0.3, 0.4) is 0 Å². The van der Waals surface area contributed by atoms with Gasteiger partial charge in [0.2, 0.25) is 0 Å². The molecule has 3 nitrogen and oxygen atoms in total. The Hall–Kier alpha value is -8.66. The Morgan fingerprint density at radius 3 is 1.38 bits per heavy atom. The van der Waals surface area contributed by atoms with Crippen LogP contribution in [0.2, 0.25) is 0 Å². The van der Waals surface area contributed by atoms with E-state index in [1.807, 2.05) is 0 Å². The maximum absolute atomic E-state index is 7.52. The number of furan rings is 1. The van der Waals surface area contributed by atoms with Crippen molar-refractivity contribution in [1.29, 1.82) is 0 Å². The van der Waals surface area contributed by atoms with Gasteiger partial charge in [-0.05, 0) is 207 Å². The van der Waals surface area contributed by atoms with Crippen LogP contribution < -0.4 is 9.80 Å². The summed E-state index contributed by atoms with van der Waals surface area (Å²) in [7, 11) is 0. The molecule has 0 aliphatic rings. The predicted molar refractivity (Wildman–Crippen MR) is 338 cm³/mol. The zero-order valence-corrected chi connectivity index (χ0v) is 47.5. The van der Waals surface area contributed by atoms with E-state index in [2.05, 4.69) is 297 Å². The van der Waals surface area contributed by atoms with Gasteiger partial charge < -0.3 is 14.2 Å². The fourth-order valence-electron chi connectivity index (χ4n) is 12.3. The molecule has 0 aliphatic carbocycles. The topological polar surface area (TPSA) is 19.6 Å². The van der Waals surface area contributed by atoms with Crippen molar-refractivity contribution >= 4 is 77.6 Å². The average molecular weight is 1030 g/mol. The second-order valence-electron chi connectivity index (χ2n) is 24.1. The molecule has 0 spiro atoms. The lowest BCUT2D eigenvalue weighted by Gasteiger charge is -2.30. The maximum atomic E-state index is 7.52. The van der Waals surface area contributed by atoms with E-state index < -0.39 is 0 Å². The van der Waals surface area contributed by atoms with Crippen molar-refractivity contribution in [2.45, 2.75) is 92.9 Å². The Balaban J connectivity index is 1.19. The average Bonchev–Trinajstić information content (AvgIpc) is 3.61. The van der Waals surface area contributed by atoms with E-state index in [1.165, 1.54) is 82.7 Å². The third kappa shape index (κ3) is 9.89. The van der Waals surface area contributed by atoms with Crippen molar-refractivity contribution in [1.82, 2.24) is 0 Å². The molecule has 1 heterocycles. The van der Waals surface area contributed by atoms with E-state index in [4.69, 9.17) is 4.42 Å². The lowest BCUT2D eigenvalue weighted by Crippen LogP contribution is -2.14. The maximum Gasteiger partial charge on any atom is 0.145 e. The van der Waals surface area contributed by atoms with Gasteiger partial charge in [-0.3, -0.25) is 0 Å². The van der Waals surface area contributed by atoms with Crippen molar-refractivity contribution in [2.24, 2.45) is 0 Å². The quantitative estimate of drug-likeness (QED) is 0.120. The first kappa shape index (κ1) is 51.1. The molecule has 11 aromatic carbocycles. The zero-order valence-electron chi connectivity index (χ0n) is 47.5. The molecule has 0 bridgehead atoms. The van der Waals surface area contributed by atoms with Crippen LogP contribution in [0.15, 0.2) is 223 Å². The molecule has 0 saturated heterocycles. The van der Waals surface area contributed by atoms with Gasteiger partial charge in [-0.2, -0.15) is 0 Å². The van der Waals surface area contributed by atoms with Crippen LogP contribution in [0, 0.1) is 27.7 Å². The van der Waals surface area contributed by atoms with Crippen LogP contribution >= 0.6 is 0 Å². The lowest BCUT2D eigenvalue weighted by atomic mass is 9.82. The number of nitrogens with zero attached hydrogens (tertiary/aromatic N) is 2. The minimum atomic E-state index is 0.00135. The summed E-state index contributed by atoms with van der Waals surface area (Å²) in [6, 6.07) is 81.7. The fourth-order valence-corrected chi connectivity index (χ4v) is 12.3. The monoisotopic (exact) mass is 1030 g/mol. The number of hydrogen-bond acceptors (Lipinski definition) is 3. The van der Waals surface area contributed by atoms with Gasteiger partial charge in [-0.1, -0.05) is 187 Å². The van der Waals surface area contributed by atoms with Crippen molar-refractivity contribution < 1.29 is 4.42 Å². The van der Waals surface area contributed by atoms with Gasteiger partial charge in [-0.25, -0.2) is 0 Å². The summed E-state index contributed by atoms with van der Waals surface area (Å²) < 4.78 is 7.52. The summed E-state index contributed by atoms with van der Waals surface area (Å²) in [4.78, 5) is 4.93. The fraction of sp³-hybridized carbons (Fsp3) is 0.184. The Labute approximate surface area is 467 Å². The summed E-state index contributed by atoms with van der Waals surface area (Å²) >= 11 is 0. The smallest absolute Gasteiger partial charge is 0.145 e. The molecule has 1 aromatic heterocycles. The van der Waals surface area contributed by atoms with Gasteiger partial charge in [0.05, 0.1) is 11.1 Å². The molecule has 0 N–H and O–H groups in total. The molecule has 0 amide bonds. The molecule has 0 aliphatic heterocycles. The van der Waals surface area contributed by atoms with E-state index in [-0.39, 0.29) is 10.8 Å². The third-order valence-electron chi connectivity index (χ3n) is 15.9. The molecule has 0 atom stereocenters. The second kappa shape index (κ2) is 20.3. The second-order valence-corrected chi connectivity index (χ2v) is 24.1. The Morgan fingerprint density at radius 2 is 0.823 bits per heavy atom. The number of fused-ring (bicyclic) bond motifs is 6. The molecule has 0 radical (unpaired) electrons. The number of aryl methyl sites for hydroxylation is 4. The zero-order chi connectivity index (χ0) is 54.7. The molecule has 12 rings (SSSR count). The molecule has 0 saturated carbocycles. The van der Waals surface area contributed by atoms with Crippen LogP contribution in [-0.4, -0.2) is 0 Å². The molecular weight excluding hydrogens is 957 g/mol. The van der Waals surface area contributed by atoms with Crippen molar-refractivity contribution in [3.8, 4) is 11.1 Å². The highest BCUT2D eigenvalue weighted by atomic mass is 16.3. The van der Waals surface area contributed by atoms with Crippen LogP contribution in [0.1, 0.15) is 97.2 Å². The van der Waals surface area contributed by atoms with E-state index in [0.717, 1.165) is 68.0 Å². The molecule has 3 heteroatoms. The first-order chi connectivity index (χ1) is 38.1. The number of para-hydroxylation sites is 1. The molecular formula is C76H70N2O. The first-order valence-corrected chi connectivity index (χ1v) is 28.1.